The molecule has 0 unspecified atom stereocenters. The van der Waals surface area contributed by atoms with Gasteiger partial charge in [-0.05, 0) is 24.0 Å². The molecule has 0 nitrogen and oxygen atoms in total. The van der Waals surface area contributed by atoms with E-state index in [1.54, 1.807) is 0 Å². The molecule has 0 saturated carbocycles. The van der Waals surface area contributed by atoms with Gasteiger partial charge in [-0.25, -0.2) is 0 Å². The number of rotatable bonds is 2. The molecule has 0 aromatic heterocycles. The van der Waals surface area contributed by atoms with Crippen LogP contribution < -0.4 is 0 Å². The highest BCUT2D eigenvalue weighted by Gasteiger charge is 2.33. The highest BCUT2D eigenvalue weighted by molar-refractivity contribution is 5.41. The first-order valence-corrected chi connectivity index (χ1v) is 7.49. The molecule has 3 rings (SSSR count). The molecule has 0 heterocycles. The van der Waals surface area contributed by atoms with Gasteiger partial charge in [0, 0.05) is 18.3 Å². The monoisotopic (exact) mass is 260 g/mol. The molecule has 1 aliphatic rings. The second-order valence-corrected chi connectivity index (χ2v) is 5.55. The molecule has 0 heteroatoms. The van der Waals surface area contributed by atoms with Crippen molar-refractivity contribution in [2.45, 2.75) is 37.5 Å². The lowest BCUT2D eigenvalue weighted by Gasteiger charge is -2.34. The molecule has 0 bridgehead atoms. The van der Waals surface area contributed by atoms with Crippen LogP contribution in [-0.4, -0.2) is 0 Å². The molecule has 2 aromatic rings. The first-order valence-electron chi connectivity index (χ1n) is 7.49. The van der Waals surface area contributed by atoms with Gasteiger partial charge in [-0.15, -0.1) is 11.8 Å². The Balaban J connectivity index is 2.13. The molecule has 2 aromatic carbocycles. The molecule has 100 valence electrons. The van der Waals surface area contributed by atoms with Crippen LogP contribution in [0.5, 0.6) is 0 Å². The lowest BCUT2D eigenvalue weighted by atomic mass is 9.68. The number of benzene rings is 2. The van der Waals surface area contributed by atoms with Crippen molar-refractivity contribution in [2.75, 3.05) is 0 Å². The normalized spacial score (nSPS) is 17.4. The number of hydrogen-bond donors (Lipinski definition) is 0. The Morgan fingerprint density at radius 1 is 0.700 bits per heavy atom. The molecule has 0 spiro atoms. The third kappa shape index (κ3) is 2.49. The average Bonchev–Trinajstić information content (AvgIpc) is 2.49. The minimum atomic E-state index is 0.0654. The van der Waals surface area contributed by atoms with Crippen molar-refractivity contribution in [3.8, 4) is 11.8 Å². The van der Waals surface area contributed by atoms with Crippen molar-refractivity contribution in [2.24, 2.45) is 0 Å². The fraction of sp³-hybridized carbons (Fsp3) is 0.300. The molecule has 0 fully saturated rings. The summed E-state index contributed by atoms with van der Waals surface area (Å²) >= 11 is 0. The summed E-state index contributed by atoms with van der Waals surface area (Å²) in [6.07, 6.45) is 5.64. The number of hydrogen-bond acceptors (Lipinski definition) is 0. The molecule has 0 amide bonds. The third-order valence-electron chi connectivity index (χ3n) is 4.32. The summed E-state index contributed by atoms with van der Waals surface area (Å²) in [4.78, 5) is 0. The summed E-state index contributed by atoms with van der Waals surface area (Å²) in [7, 11) is 0. The van der Waals surface area contributed by atoms with Crippen molar-refractivity contribution in [1.82, 2.24) is 0 Å². The maximum Gasteiger partial charge on any atom is 0.0311 e. The minimum Gasteiger partial charge on any atom is -0.103 e. The summed E-state index contributed by atoms with van der Waals surface area (Å²) < 4.78 is 0. The average molecular weight is 260 g/mol. The van der Waals surface area contributed by atoms with Gasteiger partial charge in [0.25, 0.3) is 0 Å². The van der Waals surface area contributed by atoms with Crippen LogP contribution in [0.1, 0.15) is 43.2 Å². The Hall–Kier alpha value is -2.00. The Morgan fingerprint density at radius 3 is 1.90 bits per heavy atom. The van der Waals surface area contributed by atoms with Crippen molar-refractivity contribution >= 4 is 0 Å². The van der Waals surface area contributed by atoms with E-state index in [-0.39, 0.29) is 5.41 Å². The van der Waals surface area contributed by atoms with Gasteiger partial charge >= 0.3 is 0 Å². The smallest absolute Gasteiger partial charge is 0.0311 e. The lowest BCUT2D eigenvalue weighted by molar-refractivity contribution is 0.453. The summed E-state index contributed by atoms with van der Waals surface area (Å²) in [5.41, 5.74) is 2.88. The van der Waals surface area contributed by atoms with Crippen LogP contribution in [-0.2, 0) is 5.41 Å². The fourth-order valence-corrected chi connectivity index (χ4v) is 3.20. The van der Waals surface area contributed by atoms with E-state index in [9.17, 15) is 0 Å². The maximum absolute atomic E-state index is 3.43. The lowest BCUT2D eigenvalue weighted by Crippen LogP contribution is -2.28. The van der Waals surface area contributed by atoms with Gasteiger partial charge in [0.05, 0.1) is 0 Å². The van der Waals surface area contributed by atoms with E-state index in [4.69, 9.17) is 0 Å². The zero-order chi connectivity index (χ0) is 13.7. The summed E-state index contributed by atoms with van der Waals surface area (Å²) in [5.74, 6) is 6.76. The molecule has 20 heavy (non-hydrogen) atoms. The molecular weight excluding hydrogens is 240 g/mol. The topological polar surface area (TPSA) is 0 Å². The van der Waals surface area contributed by atoms with Crippen molar-refractivity contribution < 1.29 is 0 Å². The Bertz CT molecular complexity index is 559. The van der Waals surface area contributed by atoms with E-state index in [2.05, 4.69) is 72.5 Å². The quantitative estimate of drug-likeness (QED) is 0.671. The van der Waals surface area contributed by atoms with E-state index in [0.717, 1.165) is 12.8 Å². The van der Waals surface area contributed by atoms with Crippen molar-refractivity contribution in [3.63, 3.8) is 0 Å². The van der Waals surface area contributed by atoms with Gasteiger partial charge in [-0.2, -0.15) is 0 Å². The molecule has 0 N–H and O–H groups in total. The van der Waals surface area contributed by atoms with Gasteiger partial charge in [-0.3, -0.25) is 0 Å². The Morgan fingerprint density at radius 2 is 1.30 bits per heavy atom. The van der Waals surface area contributed by atoms with E-state index >= 15 is 0 Å². The Labute approximate surface area is 121 Å². The van der Waals surface area contributed by atoms with Crippen LogP contribution in [0, 0.1) is 11.8 Å². The zero-order valence-corrected chi connectivity index (χ0v) is 11.8. The van der Waals surface area contributed by atoms with Gasteiger partial charge in [0.2, 0.25) is 0 Å². The van der Waals surface area contributed by atoms with Crippen molar-refractivity contribution in [1.29, 1.82) is 0 Å². The largest absolute Gasteiger partial charge is 0.103 e. The predicted molar refractivity (Wildman–Crippen MR) is 84.5 cm³/mol. The van der Waals surface area contributed by atoms with E-state index in [1.807, 2.05) is 0 Å². The van der Waals surface area contributed by atoms with Crippen LogP contribution in [0.3, 0.4) is 0 Å². The molecular formula is C20H20. The molecule has 0 aliphatic heterocycles. The minimum absolute atomic E-state index is 0.0654. The van der Waals surface area contributed by atoms with Gasteiger partial charge in [0.15, 0.2) is 0 Å². The first kappa shape index (κ1) is 13.0. The van der Waals surface area contributed by atoms with Gasteiger partial charge in [-0.1, -0.05) is 67.1 Å². The second kappa shape index (κ2) is 5.97. The first-order chi connectivity index (χ1) is 9.92. The van der Waals surface area contributed by atoms with Crippen LogP contribution >= 0.6 is 0 Å². The summed E-state index contributed by atoms with van der Waals surface area (Å²) in [5, 5.41) is 0. The van der Waals surface area contributed by atoms with E-state index in [1.165, 1.54) is 30.4 Å². The third-order valence-corrected chi connectivity index (χ3v) is 4.32. The predicted octanol–water partition coefficient (Wildman–Crippen LogP) is 4.94. The molecule has 0 radical (unpaired) electrons. The standard InChI is InChI=1S/C20H20/c1-2-10-16-20(17-11-3-1,18-12-6-4-7-13-18)19-14-8-5-9-15-19/h4-9,12-15H,1-2,10,16-17H2. The fourth-order valence-electron chi connectivity index (χ4n) is 3.20. The summed E-state index contributed by atoms with van der Waals surface area (Å²) in [6, 6.07) is 21.8. The van der Waals surface area contributed by atoms with E-state index in [0.29, 0.717) is 0 Å². The van der Waals surface area contributed by atoms with Gasteiger partial charge < -0.3 is 0 Å². The highest BCUT2D eigenvalue weighted by atomic mass is 14.3. The van der Waals surface area contributed by atoms with Crippen LogP contribution in [0.15, 0.2) is 60.7 Å². The maximum atomic E-state index is 3.43. The SMILES string of the molecule is C1#CCC(c2ccccc2)(c2ccccc2)CCCC1. The van der Waals surface area contributed by atoms with Crippen molar-refractivity contribution in [3.05, 3.63) is 71.8 Å². The molecule has 1 aliphatic carbocycles. The van der Waals surface area contributed by atoms with Crippen LogP contribution in [0.4, 0.5) is 0 Å². The Kier molecular flexibility index (Phi) is 3.88. The summed E-state index contributed by atoms with van der Waals surface area (Å²) in [6.45, 7) is 0. The second-order valence-electron chi connectivity index (χ2n) is 5.55. The van der Waals surface area contributed by atoms with E-state index < -0.39 is 0 Å². The van der Waals surface area contributed by atoms with Crippen LogP contribution in [0.25, 0.3) is 0 Å². The van der Waals surface area contributed by atoms with Gasteiger partial charge in [0.1, 0.15) is 0 Å². The zero-order valence-electron chi connectivity index (χ0n) is 11.8. The molecule has 0 atom stereocenters. The highest BCUT2D eigenvalue weighted by Crippen LogP contribution is 2.40. The molecule has 0 saturated heterocycles. The van der Waals surface area contributed by atoms with Crippen LogP contribution in [0.2, 0.25) is 0 Å².